The van der Waals surface area contributed by atoms with E-state index < -0.39 is 0 Å². The number of aryl methyl sites for hydroxylation is 2. The molecule has 5 nitrogen and oxygen atoms in total. The molecule has 1 heterocycles. The fourth-order valence-electron chi connectivity index (χ4n) is 2.05. The minimum Gasteiger partial charge on any atom is -0.334 e. The summed E-state index contributed by atoms with van der Waals surface area (Å²) >= 11 is 0. The van der Waals surface area contributed by atoms with Crippen LogP contribution in [0.1, 0.15) is 23.7 Å². The third-order valence-corrected chi connectivity index (χ3v) is 3.06. The molecule has 0 atom stereocenters. The minimum atomic E-state index is -0.167. The number of urea groups is 1. The molecule has 106 valence electrons. The standard InChI is InChI=1S/C15H20N4O/c1-3-14-13(11-19(2)18-14)10-17-15(20)16-9-12-7-5-4-6-8-12/h4-8,11H,3,9-10H2,1-2H3,(H2,16,17,20). The molecule has 2 aromatic rings. The topological polar surface area (TPSA) is 59.0 Å². The summed E-state index contributed by atoms with van der Waals surface area (Å²) in [5.41, 5.74) is 3.17. The lowest BCUT2D eigenvalue weighted by Gasteiger charge is -2.07. The summed E-state index contributed by atoms with van der Waals surface area (Å²) in [7, 11) is 1.89. The van der Waals surface area contributed by atoms with Crippen LogP contribution in [0.4, 0.5) is 4.79 Å². The van der Waals surface area contributed by atoms with Crippen molar-refractivity contribution in [1.29, 1.82) is 0 Å². The first kappa shape index (κ1) is 14.1. The van der Waals surface area contributed by atoms with Gasteiger partial charge in [0, 0.05) is 31.9 Å². The van der Waals surface area contributed by atoms with Gasteiger partial charge in [0.1, 0.15) is 0 Å². The molecule has 2 amide bonds. The van der Waals surface area contributed by atoms with Crippen molar-refractivity contribution in [2.75, 3.05) is 0 Å². The maximum absolute atomic E-state index is 11.7. The summed E-state index contributed by atoms with van der Waals surface area (Å²) in [6.45, 7) is 3.08. The van der Waals surface area contributed by atoms with Gasteiger partial charge in [0.2, 0.25) is 0 Å². The monoisotopic (exact) mass is 272 g/mol. The lowest BCUT2D eigenvalue weighted by atomic mass is 10.2. The molecular weight excluding hydrogens is 252 g/mol. The Labute approximate surface area is 119 Å². The minimum absolute atomic E-state index is 0.167. The Morgan fingerprint density at radius 1 is 1.20 bits per heavy atom. The largest absolute Gasteiger partial charge is 0.334 e. The smallest absolute Gasteiger partial charge is 0.315 e. The summed E-state index contributed by atoms with van der Waals surface area (Å²) in [5, 5.41) is 10.0. The van der Waals surface area contributed by atoms with Gasteiger partial charge >= 0.3 is 6.03 Å². The van der Waals surface area contributed by atoms with E-state index in [-0.39, 0.29) is 6.03 Å². The molecule has 0 fully saturated rings. The molecule has 5 heteroatoms. The zero-order valence-corrected chi connectivity index (χ0v) is 11.9. The van der Waals surface area contributed by atoms with Crippen molar-refractivity contribution in [3.05, 3.63) is 53.3 Å². The molecule has 0 saturated carbocycles. The number of aromatic nitrogens is 2. The number of amides is 2. The molecule has 0 saturated heterocycles. The number of hydrogen-bond acceptors (Lipinski definition) is 2. The number of rotatable bonds is 5. The third-order valence-electron chi connectivity index (χ3n) is 3.06. The molecule has 0 unspecified atom stereocenters. The average molecular weight is 272 g/mol. The Hall–Kier alpha value is -2.30. The molecule has 0 aliphatic heterocycles. The van der Waals surface area contributed by atoms with Crippen LogP contribution in [0.3, 0.4) is 0 Å². The average Bonchev–Trinajstić information content (AvgIpc) is 2.84. The van der Waals surface area contributed by atoms with Gasteiger partial charge in [0.15, 0.2) is 0 Å². The first-order valence-corrected chi connectivity index (χ1v) is 6.76. The summed E-state index contributed by atoms with van der Waals surface area (Å²) < 4.78 is 1.78. The molecule has 1 aromatic carbocycles. The Kier molecular flexibility index (Phi) is 4.76. The van der Waals surface area contributed by atoms with Crippen molar-refractivity contribution in [3.63, 3.8) is 0 Å². The first-order valence-electron chi connectivity index (χ1n) is 6.76. The highest BCUT2D eigenvalue weighted by molar-refractivity contribution is 5.73. The van der Waals surface area contributed by atoms with E-state index in [9.17, 15) is 4.79 Å². The third kappa shape index (κ3) is 3.85. The second-order valence-electron chi connectivity index (χ2n) is 4.65. The van der Waals surface area contributed by atoms with E-state index in [1.165, 1.54) is 0 Å². The second-order valence-corrected chi connectivity index (χ2v) is 4.65. The van der Waals surface area contributed by atoms with Crippen LogP contribution < -0.4 is 10.6 Å². The fraction of sp³-hybridized carbons (Fsp3) is 0.333. The predicted molar refractivity (Wildman–Crippen MR) is 78.1 cm³/mol. The quantitative estimate of drug-likeness (QED) is 0.874. The molecule has 0 aliphatic carbocycles. The second kappa shape index (κ2) is 6.75. The van der Waals surface area contributed by atoms with E-state index in [0.717, 1.165) is 23.2 Å². The molecule has 2 N–H and O–H groups in total. The Bertz CT molecular complexity index is 563. The van der Waals surface area contributed by atoms with E-state index in [0.29, 0.717) is 13.1 Å². The summed E-state index contributed by atoms with van der Waals surface area (Å²) in [6.07, 6.45) is 2.81. The predicted octanol–water partition coefficient (Wildman–Crippen LogP) is 1.98. The number of benzene rings is 1. The lowest BCUT2D eigenvalue weighted by molar-refractivity contribution is 0.240. The first-order chi connectivity index (χ1) is 9.69. The summed E-state index contributed by atoms with van der Waals surface area (Å²) in [4.78, 5) is 11.7. The molecule has 0 radical (unpaired) electrons. The van der Waals surface area contributed by atoms with E-state index >= 15 is 0 Å². The van der Waals surface area contributed by atoms with Crippen molar-refractivity contribution < 1.29 is 4.79 Å². The van der Waals surface area contributed by atoms with Crippen LogP contribution in [0.25, 0.3) is 0 Å². The van der Waals surface area contributed by atoms with Gasteiger partial charge < -0.3 is 10.6 Å². The van der Waals surface area contributed by atoms with Gasteiger partial charge in [0.05, 0.1) is 5.69 Å². The van der Waals surface area contributed by atoms with Crippen molar-refractivity contribution in [1.82, 2.24) is 20.4 Å². The van der Waals surface area contributed by atoms with E-state index in [1.807, 2.05) is 43.6 Å². The SMILES string of the molecule is CCc1nn(C)cc1CNC(=O)NCc1ccccc1. The molecular formula is C15H20N4O. The van der Waals surface area contributed by atoms with Crippen LogP contribution in [-0.4, -0.2) is 15.8 Å². The van der Waals surface area contributed by atoms with Crippen LogP contribution in [0.5, 0.6) is 0 Å². The molecule has 1 aromatic heterocycles. The molecule has 0 spiro atoms. The van der Waals surface area contributed by atoms with E-state index in [4.69, 9.17) is 0 Å². The number of hydrogen-bond donors (Lipinski definition) is 2. The normalized spacial score (nSPS) is 10.3. The fourth-order valence-corrected chi connectivity index (χ4v) is 2.05. The van der Waals surface area contributed by atoms with Gasteiger partial charge in [-0.1, -0.05) is 37.3 Å². The number of carbonyl (C=O) groups excluding carboxylic acids is 1. The van der Waals surface area contributed by atoms with Crippen molar-refractivity contribution in [2.24, 2.45) is 7.05 Å². The number of nitrogens with one attached hydrogen (secondary N) is 2. The summed E-state index contributed by atoms with van der Waals surface area (Å²) in [6, 6.07) is 9.67. The van der Waals surface area contributed by atoms with Crippen molar-refractivity contribution in [3.8, 4) is 0 Å². The highest BCUT2D eigenvalue weighted by Gasteiger charge is 2.07. The molecule has 0 aliphatic rings. The maximum Gasteiger partial charge on any atom is 0.315 e. The van der Waals surface area contributed by atoms with Gasteiger partial charge in [-0.15, -0.1) is 0 Å². The molecule has 20 heavy (non-hydrogen) atoms. The van der Waals surface area contributed by atoms with Gasteiger partial charge in [-0.25, -0.2) is 4.79 Å². The molecule has 0 bridgehead atoms. The molecule has 2 rings (SSSR count). The van der Waals surface area contributed by atoms with Crippen LogP contribution in [0, 0.1) is 0 Å². The van der Waals surface area contributed by atoms with Crippen molar-refractivity contribution >= 4 is 6.03 Å². The maximum atomic E-state index is 11.7. The van der Waals surface area contributed by atoms with Crippen LogP contribution in [0.2, 0.25) is 0 Å². The van der Waals surface area contributed by atoms with Gasteiger partial charge in [-0.2, -0.15) is 5.10 Å². The van der Waals surface area contributed by atoms with Gasteiger partial charge in [0.25, 0.3) is 0 Å². The Morgan fingerprint density at radius 2 is 1.90 bits per heavy atom. The highest BCUT2D eigenvalue weighted by Crippen LogP contribution is 2.06. The number of nitrogens with zero attached hydrogens (tertiary/aromatic N) is 2. The van der Waals surface area contributed by atoms with Crippen LogP contribution >= 0.6 is 0 Å². The summed E-state index contributed by atoms with van der Waals surface area (Å²) in [5.74, 6) is 0. The van der Waals surface area contributed by atoms with Crippen LogP contribution in [-0.2, 0) is 26.6 Å². The highest BCUT2D eigenvalue weighted by atomic mass is 16.2. The van der Waals surface area contributed by atoms with E-state index in [1.54, 1.807) is 4.68 Å². The van der Waals surface area contributed by atoms with Gasteiger partial charge in [-0.05, 0) is 12.0 Å². The van der Waals surface area contributed by atoms with Gasteiger partial charge in [-0.3, -0.25) is 4.68 Å². The van der Waals surface area contributed by atoms with Crippen LogP contribution in [0.15, 0.2) is 36.5 Å². The zero-order valence-electron chi connectivity index (χ0n) is 11.9. The zero-order chi connectivity index (χ0) is 14.4. The Morgan fingerprint density at radius 3 is 2.60 bits per heavy atom. The lowest BCUT2D eigenvalue weighted by Crippen LogP contribution is -2.34. The van der Waals surface area contributed by atoms with Crippen molar-refractivity contribution in [2.45, 2.75) is 26.4 Å². The number of carbonyl (C=O) groups is 1. The van der Waals surface area contributed by atoms with E-state index in [2.05, 4.69) is 22.7 Å². The Balaban J connectivity index is 1.80.